The van der Waals surface area contributed by atoms with Crippen LogP contribution < -0.4 is 4.74 Å². The van der Waals surface area contributed by atoms with Gasteiger partial charge < -0.3 is 19.3 Å². The number of phenols is 1. The molecular formula is C24H20O9. The van der Waals surface area contributed by atoms with Crippen molar-refractivity contribution < 1.29 is 43.3 Å². The summed E-state index contributed by atoms with van der Waals surface area (Å²) in [6.45, 7) is 0. The fourth-order valence-electron chi connectivity index (χ4n) is 4.46. The van der Waals surface area contributed by atoms with Crippen LogP contribution in [-0.4, -0.2) is 55.7 Å². The Labute approximate surface area is 188 Å². The van der Waals surface area contributed by atoms with Gasteiger partial charge in [-0.15, -0.1) is 0 Å². The van der Waals surface area contributed by atoms with Crippen molar-refractivity contribution in [2.45, 2.75) is 25.7 Å². The maximum Gasteiger partial charge on any atom is 0.338 e. The number of ether oxygens (including phenoxy) is 3. The number of aromatic hydroxyl groups is 1. The van der Waals surface area contributed by atoms with Crippen LogP contribution in [0.25, 0.3) is 0 Å². The number of Topliss-reactive ketones (excluding diaryl/α,β-unsaturated/α-hetero) is 1. The van der Waals surface area contributed by atoms with E-state index in [0.29, 0.717) is 18.4 Å². The summed E-state index contributed by atoms with van der Waals surface area (Å²) in [6, 6.07) is 2.64. The number of carbonyl (C=O) groups is 5. The van der Waals surface area contributed by atoms with Crippen LogP contribution in [-0.2, 0) is 27.1 Å². The van der Waals surface area contributed by atoms with Crippen LogP contribution in [0.3, 0.4) is 0 Å². The van der Waals surface area contributed by atoms with E-state index in [1.807, 2.05) is 0 Å². The van der Waals surface area contributed by atoms with E-state index in [0.717, 1.165) is 20.3 Å². The third-order valence-electron chi connectivity index (χ3n) is 6.00. The number of hydrogen-bond donors (Lipinski definition) is 1. The summed E-state index contributed by atoms with van der Waals surface area (Å²) in [4.78, 5) is 63.9. The number of fused-ring (bicyclic) bond motifs is 3. The molecule has 0 amide bonds. The molecule has 0 radical (unpaired) electrons. The van der Waals surface area contributed by atoms with E-state index in [1.54, 1.807) is 0 Å². The molecule has 0 saturated heterocycles. The Hall–Kier alpha value is -4.01. The standard InChI is InChI=1S/C24H20O9/c1-31-16(26)9-11-12(24(30)33-3)8-14-18(21(11)28)22(29)19-13(20(14)27)7-10-5-4-6-15(25)17(10)23(19)32-2/h7-8,28H,4-6,9H2,1-3H3. The normalized spacial score (nSPS) is 14.2. The number of esters is 2. The number of aryl methyl sites for hydroxylation is 1. The third kappa shape index (κ3) is 3.27. The van der Waals surface area contributed by atoms with Crippen LogP contribution >= 0.6 is 0 Å². The lowest BCUT2D eigenvalue weighted by Crippen LogP contribution is -2.26. The lowest BCUT2D eigenvalue weighted by Gasteiger charge is -2.26. The average molecular weight is 452 g/mol. The Kier molecular flexibility index (Phi) is 5.49. The minimum atomic E-state index is -0.897. The predicted molar refractivity (Wildman–Crippen MR) is 112 cm³/mol. The van der Waals surface area contributed by atoms with E-state index in [1.165, 1.54) is 13.2 Å². The van der Waals surface area contributed by atoms with Crippen molar-refractivity contribution in [1.82, 2.24) is 0 Å². The molecule has 170 valence electrons. The number of hydrogen-bond acceptors (Lipinski definition) is 9. The molecule has 2 aromatic rings. The zero-order valence-corrected chi connectivity index (χ0v) is 18.2. The van der Waals surface area contributed by atoms with Crippen LogP contribution in [0.5, 0.6) is 11.5 Å². The molecule has 4 rings (SSSR count). The molecule has 33 heavy (non-hydrogen) atoms. The van der Waals surface area contributed by atoms with Gasteiger partial charge in [-0.1, -0.05) is 0 Å². The quantitative estimate of drug-likeness (QED) is 0.591. The molecule has 0 aromatic heterocycles. The summed E-state index contributed by atoms with van der Waals surface area (Å²) in [5.74, 6) is -3.95. The highest BCUT2D eigenvalue weighted by Crippen LogP contribution is 2.43. The molecule has 0 spiro atoms. The van der Waals surface area contributed by atoms with Crippen molar-refractivity contribution in [2.75, 3.05) is 21.3 Å². The zero-order chi connectivity index (χ0) is 24.0. The van der Waals surface area contributed by atoms with Gasteiger partial charge in [-0.3, -0.25) is 19.2 Å². The van der Waals surface area contributed by atoms with Gasteiger partial charge in [0.2, 0.25) is 5.78 Å². The van der Waals surface area contributed by atoms with Gasteiger partial charge in [0.1, 0.15) is 11.5 Å². The van der Waals surface area contributed by atoms with Crippen molar-refractivity contribution >= 4 is 29.3 Å². The number of carbonyl (C=O) groups excluding carboxylic acids is 5. The largest absolute Gasteiger partial charge is 0.507 e. The number of phenolic OH excluding ortho intramolecular Hbond substituents is 1. The van der Waals surface area contributed by atoms with Gasteiger partial charge in [-0.2, -0.15) is 0 Å². The minimum Gasteiger partial charge on any atom is -0.507 e. The monoisotopic (exact) mass is 452 g/mol. The first kappa shape index (κ1) is 22.2. The van der Waals surface area contributed by atoms with Crippen LogP contribution in [0, 0.1) is 0 Å². The molecule has 9 heteroatoms. The van der Waals surface area contributed by atoms with E-state index in [9.17, 15) is 29.1 Å². The number of methoxy groups -OCH3 is 3. The van der Waals surface area contributed by atoms with Gasteiger partial charge >= 0.3 is 11.9 Å². The summed E-state index contributed by atoms with van der Waals surface area (Å²) in [7, 11) is 3.54. The maximum atomic E-state index is 13.6. The molecule has 0 unspecified atom stereocenters. The molecule has 0 bridgehead atoms. The van der Waals surface area contributed by atoms with Crippen molar-refractivity contribution in [3.8, 4) is 11.5 Å². The van der Waals surface area contributed by atoms with Crippen molar-refractivity contribution in [2.24, 2.45) is 0 Å². The molecule has 0 saturated carbocycles. The molecule has 0 aliphatic heterocycles. The van der Waals surface area contributed by atoms with Crippen LogP contribution in [0.15, 0.2) is 12.1 Å². The smallest absolute Gasteiger partial charge is 0.338 e. The summed E-state index contributed by atoms with van der Waals surface area (Å²) in [6.07, 6.45) is 0.901. The average Bonchev–Trinajstić information content (AvgIpc) is 2.81. The number of rotatable bonds is 4. The Morgan fingerprint density at radius 3 is 2.24 bits per heavy atom. The molecule has 9 nitrogen and oxygen atoms in total. The van der Waals surface area contributed by atoms with E-state index < -0.39 is 35.7 Å². The van der Waals surface area contributed by atoms with E-state index >= 15 is 0 Å². The second kappa shape index (κ2) is 8.16. The first-order chi connectivity index (χ1) is 15.7. The maximum absolute atomic E-state index is 13.6. The molecule has 0 atom stereocenters. The molecule has 0 fully saturated rings. The second-order valence-electron chi connectivity index (χ2n) is 7.72. The van der Waals surface area contributed by atoms with Gasteiger partial charge in [0, 0.05) is 23.1 Å². The topological polar surface area (TPSA) is 133 Å². The second-order valence-corrected chi connectivity index (χ2v) is 7.72. The zero-order valence-electron chi connectivity index (χ0n) is 18.2. The van der Waals surface area contributed by atoms with Crippen molar-refractivity contribution in [3.63, 3.8) is 0 Å². The van der Waals surface area contributed by atoms with E-state index in [2.05, 4.69) is 4.74 Å². The first-order valence-corrected chi connectivity index (χ1v) is 10.2. The number of ketones is 3. The predicted octanol–water partition coefficient (Wildman–Crippen LogP) is 2.20. The minimum absolute atomic E-state index is 0.0119. The molecular weight excluding hydrogens is 432 g/mol. The fraction of sp³-hybridized carbons (Fsp3) is 0.292. The Bertz CT molecular complexity index is 1270. The highest BCUT2D eigenvalue weighted by Gasteiger charge is 2.40. The summed E-state index contributed by atoms with van der Waals surface area (Å²) in [5.41, 5.74) is -0.265. The lowest BCUT2D eigenvalue weighted by atomic mass is 9.77. The molecule has 0 heterocycles. The number of benzene rings is 2. The van der Waals surface area contributed by atoms with E-state index in [-0.39, 0.29) is 56.9 Å². The van der Waals surface area contributed by atoms with Crippen molar-refractivity contribution in [3.05, 3.63) is 56.6 Å². The Morgan fingerprint density at radius 1 is 0.909 bits per heavy atom. The van der Waals surface area contributed by atoms with Gasteiger partial charge in [-0.25, -0.2) is 4.79 Å². The Morgan fingerprint density at radius 2 is 1.61 bits per heavy atom. The van der Waals surface area contributed by atoms with Crippen molar-refractivity contribution in [1.29, 1.82) is 0 Å². The summed E-state index contributed by atoms with van der Waals surface area (Å²) >= 11 is 0. The molecule has 1 N–H and O–H groups in total. The fourth-order valence-corrected chi connectivity index (χ4v) is 4.46. The van der Waals surface area contributed by atoms with Crippen LogP contribution in [0.2, 0.25) is 0 Å². The third-order valence-corrected chi connectivity index (χ3v) is 6.00. The van der Waals surface area contributed by atoms with Crippen LogP contribution in [0.1, 0.15) is 76.5 Å². The SMILES string of the molecule is COC(=O)Cc1c(C(=O)OC)cc2c(c1O)C(=O)c1c(cc3c(c1OC)C(=O)CCC3)C2=O. The highest BCUT2D eigenvalue weighted by atomic mass is 16.5. The summed E-state index contributed by atoms with van der Waals surface area (Å²) < 4.78 is 14.8. The Balaban J connectivity index is 2.03. The molecule has 2 aromatic carbocycles. The van der Waals surface area contributed by atoms with Gasteiger partial charge in [-0.05, 0) is 30.5 Å². The van der Waals surface area contributed by atoms with Gasteiger partial charge in [0.15, 0.2) is 11.6 Å². The van der Waals surface area contributed by atoms with Gasteiger partial charge in [0.25, 0.3) is 0 Å². The summed E-state index contributed by atoms with van der Waals surface area (Å²) in [5, 5.41) is 11.0. The van der Waals surface area contributed by atoms with Crippen LogP contribution in [0.4, 0.5) is 0 Å². The van der Waals surface area contributed by atoms with Gasteiger partial charge in [0.05, 0.1) is 50.0 Å². The first-order valence-electron chi connectivity index (χ1n) is 10.2. The molecule has 2 aliphatic rings. The lowest BCUT2D eigenvalue weighted by molar-refractivity contribution is -0.139. The highest BCUT2D eigenvalue weighted by molar-refractivity contribution is 6.31. The molecule has 2 aliphatic carbocycles. The van der Waals surface area contributed by atoms with E-state index in [4.69, 9.17) is 9.47 Å².